The Labute approximate surface area is 117 Å². The van der Waals surface area contributed by atoms with Crippen LogP contribution in [0.25, 0.3) is 0 Å². The molecule has 2 atom stereocenters. The summed E-state index contributed by atoms with van der Waals surface area (Å²) in [6.45, 7) is 2.00. The number of nitrogens with zero attached hydrogens (tertiary/aromatic N) is 2. The number of fused-ring (bicyclic) bond motifs is 1. The van der Waals surface area contributed by atoms with Gasteiger partial charge in [-0.2, -0.15) is 0 Å². The second-order valence-corrected chi connectivity index (χ2v) is 6.34. The molecule has 0 aliphatic carbocycles. The number of benzene rings is 1. The number of carboxylic acid groups (broad SMARTS) is 1. The molecule has 1 aromatic rings. The molecule has 1 aromatic carbocycles. The van der Waals surface area contributed by atoms with Gasteiger partial charge in [0, 0.05) is 4.90 Å². The van der Waals surface area contributed by atoms with Crippen molar-refractivity contribution in [1.82, 2.24) is 9.21 Å². The fourth-order valence-electron chi connectivity index (χ4n) is 3.10. The lowest BCUT2D eigenvalue weighted by Gasteiger charge is -2.41. The first kappa shape index (κ1) is 13.0. The van der Waals surface area contributed by atoms with E-state index in [1.165, 1.54) is 35.2 Å². The first-order valence-electron chi connectivity index (χ1n) is 6.65. The molecule has 1 saturated heterocycles. The summed E-state index contributed by atoms with van der Waals surface area (Å²) in [6.07, 6.45) is 2.34. The molecule has 5 heteroatoms. The summed E-state index contributed by atoms with van der Waals surface area (Å²) >= 11 is 1.54. The number of carboxylic acids is 1. The maximum absolute atomic E-state index is 11.7. The van der Waals surface area contributed by atoms with Gasteiger partial charge in [0.25, 0.3) is 0 Å². The van der Waals surface area contributed by atoms with E-state index in [4.69, 9.17) is 0 Å². The minimum Gasteiger partial charge on any atom is -0.480 e. The number of aliphatic carboxylic acids is 1. The summed E-state index contributed by atoms with van der Waals surface area (Å²) in [5, 5.41) is 9.58. The Bertz CT molecular complexity index is 488. The molecule has 102 valence electrons. The summed E-state index contributed by atoms with van der Waals surface area (Å²) in [4.78, 5) is 15.2. The number of likely N-dealkylation sites (N-methyl/N-ethyl adjacent to an activating group) is 1. The van der Waals surface area contributed by atoms with E-state index in [-0.39, 0.29) is 6.04 Å². The Morgan fingerprint density at radius 3 is 2.68 bits per heavy atom. The van der Waals surface area contributed by atoms with Crippen LogP contribution in [0, 0.1) is 0 Å². The van der Waals surface area contributed by atoms with Gasteiger partial charge in [-0.3, -0.25) is 9.69 Å². The van der Waals surface area contributed by atoms with Gasteiger partial charge in [0.1, 0.15) is 6.04 Å². The molecule has 0 spiro atoms. The monoisotopic (exact) mass is 278 g/mol. The SMILES string of the molecule is CN1Sc2ccccc2C(N2CCCC2)C1C(=O)O. The molecule has 0 saturated carbocycles. The third-order valence-electron chi connectivity index (χ3n) is 3.96. The van der Waals surface area contributed by atoms with Gasteiger partial charge in [0.2, 0.25) is 0 Å². The van der Waals surface area contributed by atoms with Crippen molar-refractivity contribution < 1.29 is 9.90 Å². The van der Waals surface area contributed by atoms with E-state index in [2.05, 4.69) is 17.0 Å². The van der Waals surface area contributed by atoms with Crippen LogP contribution in [0.2, 0.25) is 0 Å². The predicted molar refractivity (Wildman–Crippen MR) is 75.0 cm³/mol. The number of likely N-dealkylation sites (tertiary alicyclic amines) is 1. The standard InChI is InChI=1S/C14H18N2O2S/c1-15-13(14(17)18)12(16-8-4-5-9-16)10-6-2-3-7-11(10)19-15/h2-3,6-7,12-13H,4-5,8-9H2,1H3,(H,17,18). The van der Waals surface area contributed by atoms with E-state index in [9.17, 15) is 9.90 Å². The molecule has 0 amide bonds. The smallest absolute Gasteiger partial charge is 0.323 e. The Morgan fingerprint density at radius 2 is 2.00 bits per heavy atom. The summed E-state index contributed by atoms with van der Waals surface area (Å²) in [6, 6.07) is 7.68. The van der Waals surface area contributed by atoms with Crippen molar-refractivity contribution in [3.05, 3.63) is 29.8 Å². The van der Waals surface area contributed by atoms with Crippen LogP contribution in [0.15, 0.2) is 29.2 Å². The van der Waals surface area contributed by atoms with Crippen LogP contribution in [0.3, 0.4) is 0 Å². The van der Waals surface area contributed by atoms with E-state index in [1.807, 2.05) is 23.5 Å². The van der Waals surface area contributed by atoms with Crippen molar-refractivity contribution in [2.45, 2.75) is 29.8 Å². The van der Waals surface area contributed by atoms with Gasteiger partial charge in [-0.25, -0.2) is 4.31 Å². The number of hydrogen-bond donors (Lipinski definition) is 1. The Kier molecular flexibility index (Phi) is 3.52. The van der Waals surface area contributed by atoms with E-state index >= 15 is 0 Å². The zero-order valence-corrected chi connectivity index (χ0v) is 11.8. The summed E-state index contributed by atoms with van der Waals surface area (Å²) in [5.74, 6) is -0.735. The minimum absolute atomic E-state index is 0.0255. The lowest BCUT2D eigenvalue weighted by atomic mass is 9.97. The van der Waals surface area contributed by atoms with Gasteiger partial charge in [-0.05, 0) is 56.6 Å². The maximum atomic E-state index is 11.7. The fourth-order valence-corrected chi connectivity index (χ4v) is 4.16. The van der Waals surface area contributed by atoms with Crippen molar-refractivity contribution in [2.75, 3.05) is 20.1 Å². The summed E-state index contributed by atoms with van der Waals surface area (Å²) in [5.41, 5.74) is 1.17. The van der Waals surface area contributed by atoms with Crippen LogP contribution in [-0.4, -0.2) is 46.5 Å². The summed E-state index contributed by atoms with van der Waals surface area (Å²) < 4.78 is 1.88. The zero-order valence-electron chi connectivity index (χ0n) is 11.0. The molecule has 2 aliphatic heterocycles. The largest absolute Gasteiger partial charge is 0.480 e. The zero-order chi connectivity index (χ0) is 13.4. The molecular formula is C14H18N2O2S. The van der Waals surface area contributed by atoms with Crippen LogP contribution in [0.1, 0.15) is 24.4 Å². The molecular weight excluding hydrogens is 260 g/mol. The van der Waals surface area contributed by atoms with Crippen LogP contribution >= 0.6 is 11.9 Å². The fraction of sp³-hybridized carbons (Fsp3) is 0.500. The average Bonchev–Trinajstić information content (AvgIpc) is 2.90. The number of carbonyl (C=O) groups is 1. The second-order valence-electron chi connectivity index (χ2n) is 5.15. The van der Waals surface area contributed by atoms with Crippen LogP contribution in [0.4, 0.5) is 0 Å². The molecule has 19 heavy (non-hydrogen) atoms. The van der Waals surface area contributed by atoms with Crippen LogP contribution in [-0.2, 0) is 4.79 Å². The first-order valence-corrected chi connectivity index (χ1v) is 7.42. The van der Waals surface area contributed by atoms with Crippen molar-refractivity contribution in [2.24, 2.45) is 0 Å². The molecule has 1 N–H and O–H groups in total. The van der Waals surface area contributed by atoms with E-state index in [0.29, 0.717) is 0 Å². The third-order valence-corrected chi connectivity index (χ3v) is 5.04. The highest BCUT2D eigenvalue weighted by atomic mass is 32.2. The van der Waals surface area contributed by atoms with Gasteiger partial charge in [0.15, 0.2) is 0 Å². The molecule has 2 unspecified atom stereocenters. The topological polar surface area (TPSA) is 43.8 Å². The molecule has 0 radical (unpaired) electrons. The van der Waals surface area contributed by atoms with Gasteiger partial charge in [-0.1, -0.05) is 18.2 Å². The Hall–Kier alpha value is -1.04. The highest BCUT2D eigenvalue weighted by molar-refractivity contribution is 7.97. The van der Waals surface area contributed by atoms with Crippen LogP contribution in [0.5, 0.6) is 0 Å². The Morgan fingerprint density at radius 1 is 1.32 bits per heavy atom. The van der Waals surface area contributed by atoms with Crippen molar-refractivity contribution in [1.29, 1.82) is 0 Å². The first-order chi connectivity index (χ1) is 9.18. The molecule has 0 aromatic heterocycles. The minimum atomic E-state index is -0.735. The molecule has 2 aliphatic rings. The number of rotatable bonds is 2. The quantitative estimate of drug-likeness (QED) is 0.840. The molecule has 3 rings (SSSR count). The van der Waals surface area contributed by atoms with Crippen molar-refractivity contribution >= 4 is 17.9 Å². The molecule has 4 nitrogen and oxygen atoms in total. The van der Waals surface area contributed by atoms with Gasteiger partial charge < -0.3 is 5.11 Å². The van der Waals surface area contributed by atoms with Crippen LogP contribution < -0.4 is 0 Å². The summed E-state index contributed by atoms with van der Waals surface area (Å²) in [7, 11) is 1.88. The maximum Gasteiger partial charge on any atom is 0.323 e. The normalized spacial score (nSPS) is 28.3. The third kappa shape index (κ3) is 2.26. The van der Waals surface area contributed by atoms with Gasteiger partial charge in [-0.15, -0.1) is 0 Å². The van der Waals surface area contributed by atoms with Gasteiger partial charge >= 0.3 is 5.97 Å². The lowest BCUT2D eigenvalue weighted by molar-refractivity contribution is -0.143. The van der Waals surface area contributed by atoms with E-state index in [1.54, 1.807) is 0 Å². The number of hydrogen-bond acceptors (Lipinski definition) is 4. The highest BCUT2D eigenvalue weighted by Crippen LogP contribution is 2.43. The average molecular weight is 278 g/mol. The molecule has 1 fully saturated rings. The molecule has 0 bridgehead atoms. The van der Waals surface area contributed by atoms with E-state index in [0.717, 1.165) is 13.1 Å². The highest BCUT2D eigenvalue weighted by Gasteiger charge is 2.42. The lowest BCUT2D eigenvalue weighted by Crippen LogP contribution is -2.48. The Balaban J connectivity index is 2.04. The second kappa shape index (κ2) is 5.15. The molecule has 2 heterocycles. The van der Waals surface area contributed by atoms with Crippen molar-refractivity contribution in [3.63, 3.8) is 0 Å². The van der Waals surface area contributed by atoms with Gasteiger partial charge in [0.05, 0.1) is 6.04 Å². The van der Waals surface area contributed by atoms with Crippen molar-refractivity contribution in [3.8, 4) is 0 Å². The van der Waals surface area contributed by atoms with E-state index < -0.39 is 12.0 Å². The predicted octanol–water partition coefficient (Wildman–Crippen LogP) is 2.23.